The van der Waals surface area contributed by atoms with Gasteiger partial charge in [-0.1, -0.05) is 35.7 Å². The van der Waals surface area contributed by atoms with E-state index >= 15 is 0 Å². The predicted molar refractivity (Wildman–Crippen MR) is 151 cm³/mol. The maximum absolute atomic E-state index is 13.8. The van der Waals surface area contributed by atoms with Crippen molar-refractivity contribution >= 4 is 48.2 Å². The molecule has 6 atom stereocenters. The Morgan fingerprint density at radius 1 is 1.34 bits per heavy atom. The van der Waals surface area contributed by atoms with E-state index in [1.165, 1.54) is 17.8 Å². The Kier molecular flexibility index (Phi) is 9.08. The fraction of sp³-hybridized carbons (Fsp3) is 0.440. The average molecular weight is 608 g/mol. The highest BCUT2D eigenvalue weighted by Crippen LogP contribution is 2.48. The summed E-state index contributed by atoms with van der Waals surface area (Å²) in [6, 6.07) is 7.14. The smallest absolute Gasteiger partial charge is 0.459 e. The fourth-order valence-corrected chi connectivity index (χ4v) is 5.90. The number of aromatic nitrogens is 4. The summed E-state index contributed by atoms with van der Waals surface area (Å²) in [4.78, 5) is 23.2. The quantitative estimate of drug-likeness (QED) is 0.108. The number of nitrogen functional groups attached to an aromatic ring is 1. The Morgan fingerprint density at radius 3 is 2.68 bits per heavy atom. The normalized spacial score (nSPS) is 24.5. The number of aliphatic hydroxyl groups excluding tert-OH is 1. The van der Waals surface area contributed by atoms with E-state index in [4.69, 9.17) is 42.3 Å². The van der Waals surface area contributed by atoms with Crippen LogP contribution in [0.5, 0.6) is 5.75 Å². The number of para-hydroxylation sites is 1. The van der Waals surface area contributed by atoms with E-state index in [0.717, 1.165) is 0 Å². The van der Waals surface area contributed by atoms with Crippen LogP contribution in [0, 0.1) is 12.3 Å². The number of anilines is 2. The molecule has 0 radical (unpaired) electrons. The molecule has 0 aliphatic carbocycles. The molecule has 1 saturated heterocycles. The molecule has 0 spiro atoms. The monoisotopic (exact) mass is 607 g/mol. The van der Waals surface area contributed by atoms with Gasteiger partial charge < -0.3 is 30.2 Å². The number of imidazole rings is 1. The summed E-state index contributed by atoms with van der Waals surface area (Å²) in [5.74, 6) is 2.24. The minimum Gasteiger partial charge on any atom is -0.462 e. The first-order valence-corrected chi connectivity index (χ1v) is 14.5. The fourth-order valence-electron chi connectivity index (χ4n) is 4.10. The summed E-state index contributed by atoms with van der Waals surface area (Å²) >= 11 is 6.74. The number of fused-ring (bicyclic) bond motifs is 1. The number of nitrogens with zero attached hydrogens (tertiary/aromatic N) is 4. The summed E-state index contributed by atoms with van der Waals surface area (Å²) in [5.41, 5.74) is 6.47. The van der Waals surface area contributed by atoms with Gasteiger partial charge in [0, 0.05) is 7.05 Å². The number of carbonyl (C=O) groups excluding carboxylic acids is 1. The molecule has 0 amide bonds. The van der Waals surface area contributed by atoms with Gasteiger partial charge in [0.05, 0.1) is 19.0 Å². The third-order valence-corrected chi connectivity index (χ3v) is 8.19. The van der Waals surface area contributed by atoms with E-state index in [-0.39, 0.29) is 17.3 Å². The van der Waals surface area contributed by atoms with Crippen LogP contribution in [0.25, 0.3) is 11.2 Å². The number of aliphatic hydroxyl groups is 1. The SMILES string of the molecule is C#C[C@@]1(Cl)[C@H](O)[C@@H](CO[P@@](=O)(NC(C)C(=O)OC(C)C)Oc2ccccc2)O[C@H]1n1cnc2c(NC)nc(N)nc21. The minimum absolute atomic E-state index is 0.0434. The van der Waals surface area contributed by atoms with Crippen molar-refractivity contribution in [3.8, 4) is 18.1 Å². The number of hydrogen-bond acceptors (Lipinski definition) is 12. The molecule has 1 unspecified atom stereocenters. The molecule has 14 nitrogen and oxygen atoms in total. The van der Waals surface area contributed by atoms with Crippen LogP contribution in [-0.2, 0) is 23.4 Å². The average Bonchev–Trinajstić information content (AvgIpc) is 3.45. The van der Waals surface area contributed by atoms with Crippen LogP contribution in [0.15, 0.2) is 36.7 Å². The van der Waals surface area contributed by atoms with Gasteiger partial charge in [0.1, 0.15) is 24.0 Å². The first kappa shape index (κ1) is 30.5. The number of alkyl halides is 1. The lowest BCUT2D eigenvalue weighted by atomic mass is 9.99. The first-order chi connectivity index (χ1) is 19.4. The summed E-state index contributed by atoms with van der Waals surface area (Å²) in [6.07, 6.45) is 2.85. The molecule has 41 heavy (non-hydrogen) atoms. The van der Waals surface area contributed by atoms with Gasteiger partial charge in [-0.05, 0) is 32.9 Å². The molecular formula is C25H31ClN7O7P. The van der Waals surface area contributed by atoms with Crippen LogP contribution in [0.4, 0.5) is 11.8 Å². The molecule has 0 bridgehead atoms. The molecule has 0 saturated carbocycles. The summed E-state index contributed by atoms with van der Waals surface area (Å²) in [6.45, 7) is 4.32. The molecule has 3 aromatic rings. The summed E-state index contributed by atoms with van der Waals surface area (Å²) in [5, 5.41) is 16.6. The molecule has 1 fully saturated rings. The number of nitrogens with two attached hydrogens (primary N) is 1. The zero-order valence-corrected chi connectivity index (χ0v) is 24.4. The van der Waals surface area contributed by atoms with Gasteiger partial charge >= 0.3 is 13.7 Å². The van der Waals surface area contributed by atoms with Gasteiger partial charge in [0.2, 0.25) is 5.95 Å². The number of carbonyl (C=O) groups is 1. The Bertz CT molecular complexity index is 1480. The van der Waals surface area contributed by atoms with Gasteiger partial charge in [-0.25, -0.2) is 9.55 Å². The lowest BCUT2D eigenvalue weighted by Crippen LogP contribution is -2.41. The van der Waals surface area contributed by atoms with Gasteiger partial charge in [0.25, 0.3) is 0 Å². The Balaban J connectivity index is 1.60. The highest BCUT2D eigenvalue weighted by atomic mass is 35.5. The van der Waals surface area contributed by atoms with Gasteiger partial charge in [-0.15, -0.1) is 6.42 Å². The van der Waals surface area contributed by atoms with Crippen LogP contribution in [0.3, 0.4) is 0 Å². The largest absolute Gasteiger partial charge is 0.462 e. The first-order valence-electron chi connectivity index (χ1n) is 12.6. The van der Waals surface area contributed by atoms with E-state index < -0.39 is 55.8 Å². The third-order valence-electron chi connectivity index (χ3n) is 6.03. The zero-order valence-electron chi connectivity index (χ0n) is 22.7. The highest BCUT2D eigenvalue weighted by molar-refractivity contribution is 7.52. The number of ether oxygens (including phenoxy) is 2. The molecule has 1 aromatic carbocycles. The zero-order chi connectivity index (χ0) is 29.9. The van der Waals surface area contributed by atoms with Crippen LogP contribution in [0.1, 0.15) is 27.0 Å². The Morgan fingerprint density at radius 2 is 2.05 bits per heavy atom. The lowest BCUT2D eigenvalue weighted by Gasteiger charge is -2.26. The van der Waals surface area contributed by atoms with E-state index in [2.05, 4.69) is 31.3 Å². The summed E-state index contributed by atoms with van der Waals surface area (Å²) < 4.78 is 37.8. The van der Waals surface area contributed by atoms with Crippen molar-refractivity contribution in [3.05, 3.63) is 36.7 Å². The van der Waals surface area contributed by atoms with Crippen molar-refractivity contribution < 1.29 is 33.0 Å². The van der Waals surface area contributed by atoms with Gasteiger partial charge in [-0.2, -0.15) is 15.1 Å². The number of rotatable bonds is 11. The van der Waals surface area contributed by atoms with Gasteiger partial charge in [-0.3, -0.25) is 13.9 Å². The maximum atomic E-state index is 13.8. The molecule has 16 heteroatoms. The number of esters is 1. The van der Waals surface area contributed by atoms with E-state index in [1.54, 1.807) is 51.2 Å². The van der Waals surface area contributed by atoms with E-state index in [1.807, 2.05) is 0 Å². The highest BCUT2D eigenvalue weighted by Gasteiger charge is 2.56. The predicted octanol–water partition coefficient (Wildman–Crippen LogP) is 2.45. The van der Waals surface area contributed by atoms with Crippen LogP contribution < -0.4 is 20.7 Å². The topological polar surface area (TPSA) is 185 Å². The van der Waals surface area contributed by atoms with Crippen molar-refractivity contribution in [3.63, 3.8) is 0 Å². The molecule has 220 valence electrons. The number of terminal acetylenes is 1. The third kappa shape index (κ3) is 6.41. The van der Waals surface area contributed by atoms with Crippen molar-refractivity contribution in [1.82, 2.24) is 24.6 Å². The second kappa shape index (κ2) is 12.2. The van der Waals surface area contributed by atoms with Gasteiger partial charge in [0.15, 0.2) is 28.1 Å². The van der Waals surface area contributed by atoms with Crippen molar-refractivity contribution in [2.24, 2.45) is 0 Å². The van der Waals surface area contributed by atoms with Crippen LogP contribution >= 0.6 is 19.3 Å². The number of hydrogen-bond donors (Lipinski definition) is 4. The van der Waals surface area contributed by atoms with Crippen molar-refractivity contribution in [2.75, 3.05) is 24.7 Å². The van der Waals surface area contributed by atoms with E-state index in [0.29, 0.717) is 11.3 Å². The second-order valence-corrected chi connectivity index (χ2v) is 11.7. The second-order valence-electron chi connectivity index (χ2n) is 9.42. The maximum Gasteiger partial charge on any atom is 0.459 e. The molecular weight excluding hydrogens is 577 g/mol. The molecule has 4 rings (SSSR count). The summed E-state index contributed by atoms with van der Waals surface area (Å²) in [7, 11) is -2.62. The standard InChI is InChI=1S/C25H31ClN7O7P/c1-6-25(26)19(34)17(39-23(25)33-13-29-18-20(28-5)30-24(27)31-21(18)33)12-37-41(36,40-16-10-8-7-9-11-16)32-15(4)22(35)38-14(2)3/h1,7-11,13-15,17,19,23,34H,12H2,2-5H3,(H,32,36)(H3,27,28,30,31)/t15?,17-,19-,23-,25-,41+/m1/s1. The van der Waals surface area contributed by atoms with Crippen LogP contribution in [-0.4, -0.2) is 73.5 Å². The number of benzene rings is 1. The number of nitrogens with one attached hydrogen (secondary N) is 2. The van der Waals surface area contributed by atoms with Crippen molar-refractivity contribution in [1.29, 1.82) is 0 Å². The lowest BCUT2D eigenvalue weighted by molar-refractivity contribution is -0.149. The van der Waals surface area contributed by atoms with E-state index in [9.17, 15) is 14.5 Å². The minimum atomic E-state index is -4.26. The molecule has 5 N–H and O–H groups in total. The van der Waals surface area contributed by atoms with Crippen molar-refractivity contribution in [2.45, 2.75) is 56.2 Å². The molecule has 1 aliphatic rings. The molecule has 3 heterocycles. The van der Waals surface area contributed by atoms with Crippen LogP contribution in [0.2, 0.25) is 0 Å². The molecule has 1 aliphatic heterocycles. The Labute approximate surface area is 241 Å². The number of halogens is 1. The molecule has 2 aromatic heterocycles. The Hall–Kier alpha value is -3.44.